The predicted octanol–water partition coefficient (Wildman–Crippen LogP) is 5.49. The number of benzene rings is 2. The van der Waals surface area contributed by atoms with E-state index >= 15 is 0 Å². The molecule has 0 aliphatic carbocycles. The van der Waals surface area contributed by atoms with Gasteiger partial charge in [0.15, 0.2) is 5.75 Å². The standard InChI is InChI=1S/C16H13Cl3N2O4/c1-8(2)20-16(22)11-7-10(3-4-14(11)21(23)24)25-15-12(18)5-9(17)6-13(15)19/h3-8H,1-2H3,(H,20,22). The molecule has 0 saturated heterocycles. The maximum absolute atomic E-state index is 12.2. The molecule has 0 aliphatic heterocycles. The predicted molar refractivity (Wildman–Crippen MR) is 97.2 cm³/mol. The molecule has 6 nitrogen and oxygen atoms in total. The van der Waals surface area contributed by atoms with Crippen LogP contribution in [0.2, 0.25) is 15.1 Å². The van der Waals surface area contributed by atoms with Crippen LogP contribution in [-0.2, 0) is 0 Å². The molecule has 0 radical (unpaired) electrons. The van der Waals surface area contributed by atoms with E-state index in [4.69, 9.17) is 39.5 Å². The van der Waals surface area contributed by atoms with Gasteiger partial charge in [-0.25, -0.2) is 0 Å². The lowest BCUT2D eigenvalue weighted by atomic mass is 10.1. The second-order valence-electron chi connectivity index (χ2n) is 5.36. The Morgan fingerprint density at radius 2 is 1.76 bits per heavy atom. The number of carbonyl (C=O) groups is 1. The van der Waals surface area contributed by atoms with Crippen LogP contribution in [-0.4, -0.2) is 16.9 Å². The molecule has 25 heavy (non-hydrogen) atoms. The first-order valence-corrected chi connectivity index (χ1v) is 8.24. The molecule has 0 aromatic heterocycles. The first-order valence-electron chi connectivity index (χ1n) is 7.10. The number of nitrogens with zero attached hydrogens (tertiary/aromatic N) is 1. The Labute approximate surface area is 158 Å². The van der Waals surface area contributed by atoms with Gasteiger partial charge in [0.05, 0.1) is 15.0 Å². The van der Waals surface area contributed by atoms with Crippen LogP contribution < -0.4 is 10.1 Å². The molecule has 0 heterocycles. The molecule has 2 rings (SSSR count). The van der Waals surface area contributed by atoms with Crippen molar-refractivity contribution in [2.75, 3.05) is 0 Å². The summed E-state index contributed by atoms with van der Waals surface area (Å²) in [6.07, 6.45) is 0. The Kier molecular flexibility index (Phi) is 6.11. The van der Waals surface area contributed by atoms with E-state index in [1.807, 2.05) is 0 Å². The first kappa shape index (κ1) is 19.3. The van der Waals surface area contributed by atoms with Gasteiger partial charge in [0.1, 0.15) is 11.3 Å². The number of carbonyl (C=O) groups excluding carboxylic acids is 1. The minimum atomic E-state index is -0.638. The maximum atomic E-state index is 12.2. The van der Waals surface area contributed by atoms with Crippen molar-refractivity contribution < 1.29 is 14.5 Å². The zero-order valence-electron chi connectivity index (χ0n) is 13.2. The summed E-state index contributed by atoms with van der Waals surface area (Å²) in [7, 11) is 0. The number of hydrogen-bond donors (Lipinski definition) is 1. The molecule has 0 bridgehead atoms. The highest BCUT2D eigenvalue weighted by Crippen LogP contribution is 2.39. The van der Waals surface area contributed by atoms with Crippen molar-refractivity contribution in [3.8, 4) is 11.5 Å². The van der Waals surface area contributed by atoms with E-state index in [9.17, 15) is 14.9 Å². The fraction of sp³-hybridized carbons (Fsp3) is 0.188. The topological polar surface area (TPSA) is 81.5 Å². The molecule has 132 valence electrons. The minimum absolute atomic E-state index is 0.127. The van der Waals surface area contributed by atoms with Crippen LogP contribution >= 0.6 is 34.8 Å². The smallest absolute Gasteiger partial charge is 0.282 e. The lowest BCUT2D eigenvalue weighted by Crippen LogP contribution is -2.30. The quantitative estimate of drug-likeness (QED) is 0.529. The average Bonchev–Trinajstić information content (AvgIpc) is 2.49. The van der Waals surface area contributed by atoms with E-state index in [0.29, 0.717) is 5.02 Å². The summed E-state index contributed by atoms with van der Waals surface area (Å²) in [4.78, 5) is 22.7. The maximum Gasteiger partial charge on any atom is 0.282 e. The van der Waals surface area contributed by atoms with E-state index < -0.39 is 10.8 Å². The number of nitro groups is 1. The van der Waals surface area contributed by atoms with Gasteiger partial charge in [0.2, 0.25) is 0 Å². The van der Waals surface area contributed by atoms with E-state index in [1.165, 1.54) is 30.3 Å². The summed E-state index contributed by atoms with van der Waals surface area (Å²) in [6.45, 7) is 3.49. The minimum Gasteiger partial charge on any atom is -0.454 e. The summed E-state index contributed by atoms with van der Waals surface area (Å²) in [5.74, 6) is -0.275. The summed E-state index contributed by atoms with van der Waals surface area (Å²) < 4.78 is 5.60. The van der Waals surface area contributed by atoms with Gasteiger partial charge < -0.3 is 10.1 Å². The highest BCUT2D eigenvalue weighted by atomic mass is 35.5. The molecule has 2 aromatic carbocycles. The Hall–Kier alpha value is -2.02. The number of rotatable bonds is 5. The third-order valence-corrected chi connectivity index (χ3v) is 3.79. The summed E-state index contributed by atoms with van der Waals surface area (Å²) in [5.41, 5.74) is -0.462. The van der Waals surface area contributed by atoms with Crippen LogP contribution in [0, 0.1) is 10.1 Å². The number of ether oxygens (including phenoxy) is 1. The van der Waals surface area contributed by atoms with Crippen LogP contribution in [0.1, 0.15) is 24.2 Å². The van der Waals surface area contributed by atoms with Crippen molar-refractivity contribution in [3.05, 3.63) is 61.1 Å². The van der Waals surface area contributed by atoms with Gasteiger partial charge >= 0.3 is 0 Å². The zero-order chi connectivity index (χ0) is 18.7. The van der Waals surface area contributed by atoms with Crippen molar-refractivity contribution >= 4 is 46.4 Å². The van der Waals surface area contributed by atoms with Gasteiger partial charge in [-0.3, -0.25) is 14.9 Å². The first-order chi connectivity index (χ1) is 11.7. The van der Waals surface area contributed by atoms with Crippen molar-refractivity contribution in [3.63, 3.8) is 0 Å². The summed E-state index contributed by atoms with van der Waals surface area (Å²) in [6, 6.07) is 6.51. The number of nitrogens with one attached hydrogen (secondary N) is 1. The second-order valence-corrected chi connectivity index (χ2v) is 6.62. The third kappa shape index (κ3) is 4.75. The second kappa shape index (κ2) is 7.91. The number of nitro benzene ring substituents is 1. The molecule has 0 saturated carbocycles. The van der Waals surface area contributed by atoms with Crippen molar-refractivity contribution in [2.24, 2.45) is 0 Å². The lowest BCUT2D eigenvalue weighted by molar-refractivity contribution is -0.385. The SMILES string of the molecule is CC(C)NC(=O)c1cc(Oc2c(Cl)cc(Cl)cc2Cl)ccc1[N+](=O)[O-]. The molecule has 0 spiro atoms. The Bertz CT molecular complexity index is 817. The molecule has 0 aliphatic rings. The van der Waals surface area contributed by atoms with Gasteiger partial charge in [-0.15, -0.1) is 0 Å². The number of hydrogen-bond acceptors (Lipinski definition) is 4. The van der Waals surface area contributed by atoms with Crippen molar-refractivity contribution in [1.82, 2.24) is 5.32 Å². The highest BCUT2D eigenvalue weighted by molar-refractivity contribution is 6.40. The molecule has 0 atom stereocenters. The van der Waals surface area contributed by atoms with Gasteiger partial charge in [0, 0.05) is 23.2 Å². The van der Waals surface area contributed by atoms with Crippen LogP contribution in [0.5, 0.6) is 11.5 Å². The molecule has 0 unspecified atom stereocenters. The molecule has 1 amide bonds. The van der Waals surface area contributed by atoms with Crippen LogP contribution in [0.15, 0.2) is 30.3 Å². The monoisotopic (exact) mass is 402 g/mol. The van der Waals surface area contributed by atoms with E-state index in [-0.39, 0.29) is 38.8 Å². The van der Waals surface area contributed by atoms with Crippen molar-refractivity contribution in [2.45, 2.75) is 19.9 Å². The third-order valence-electron chi connectivity index (χ3n) is 3.01. The Balaban J connectivity index is 2.44. The molecule has 1 N–H and O–H groups in total. The molecule has 9 heteroatoms. The Morgan fingerprint density at radius 3 is 2.28 bits per heavy atom. The fourth-order valence-corrected chi connectivity index (χ4v) is 2.90. The number of amides is 1. The fourth-order valence-electron chi connectivity index (χ4n) is 2.00. The summed E-state index contributed by atoms with van der Waals surface area (Å²) >= 11 is 18.0. The Morgan fingerprint density at radius 1 is 1.16 bits per heavy atom. The largest absolute Gasteiger partial charge is 0.454 e. The molecular weight excluding hydrogens is 391 g/mol. The number of halogens is 3. The van der Waals surface area contributed by atoms with E-state index in [2.05, 4.69) is 5.32 Å². The van der Waals surface area contributed by atoms with Crippen molar-refractivity contribution in [1.29, 1.82) is 0 Å². The normalized spacial score (nSPS) is 10.6. The average molecular weight is 404 g/mol. The van der Waals surface area contributed by atoms with Gasteiger partial charge in [-0.05, 0) is 32.0 Å². The van der Waals surface area contributed by atoms with E-state index in [0.717, 1.165) is 0 Å². The zero-order valence-corrected chi connectivity index (χ0v) is 15.4. The van der Waals surface area contributed by atoms with E-state index in [1.54, 1.807) is 13.8 Å². The lowest BCUT2D eigenvalue weighted by Gasteiger charge is -2.12. The van der Waals surface area contributed by atoms with Crippen LogP contribution in [0.3, 0.4) is 0 Å². The summed E-state index contributed by atoms with van der Waals surface area (Å²) in [5, 5.41) is 14.4. The molecule has 2 aromatic rings. The van der Waals surface area contributed by atoms with Crippen LogP contribution in [0.25, 0.3) is 0 Å². The highest BCUT2D eigenvalue weighted by Gasteiger charge is 2.22. The molecule has 0 fully saturated rings. The van der Waals surface area contributed by atoms with Gasteiger partial charge in [0.25, 0.3) is 11.6 Å². The van der Waals surface area contributed by atoms with Gasteiger partial charge in [-0.1, -0.05) is 34.8 Å². The molecular formula is C16H13Cl3N2O4. The van der Waals surface area contributed by atoms with Gasteiger partial charge in [-0.2, -0.15) is 0 Å². The van der Waals surface area contributed by atoms with Crippen LogP contribution in [0.4, 0.5) is 5.69 Å².